The average Bonchev–Trinajstić information content (AvgIpc) is 2.43. The molecule has 0 atom stereocenters. The SMILES string of the molecule is CCNCCN(CC)CCc1ccc(OC)cc1. The maximum Gasteiger partial charge on any atom is 0.118 e. The van der Waals surface area contributed by atoms with E-state index in [1.165, 1.54) is 5.56 Å². The van der Waals surface area contributed by atoms with Crippen LogP contribution in [0.15, 0.2) is 24.3 Å². The molecule has 0 amide bonds. The van der Waals surface area contributed by atoms with Gasteiger partial charge >= 0.3 is 0 Å². The molecule has 3 nitrogen and oxygen atoms in total. The number of likely N-dealkylation sites (N-methyl/N-ethyl adjacent to an activating group) is 2. The smallest absolute Gasteiger partial charge is 0.118 e. The van der Waals surface area contributed by atoms with E-state index in [4.69, 9.17) is 4.74 Å². The van der Waals surface area contributed by atoms with Gasteiger partial charge in [0.2, 0.25) is 0 Å². The van der Waals surface area contributed by atoms with Crippen LogP contribution in [0, 0.1) is 0 Å². The van der Waals surface area contributed by atoms with Gasteiger partial charge < -0.3 is 15.0 Å². The van der Waals surface area contributed by atoms with Crippen molar-refractivity contribution in [2.75, 3.05) is 39.8 Å². The summed E-state index contributed by atoms with van der Waals surface area (Å²) in [5.41, 5.74) is 1.37. The van der Waals surface area contributed by atoms with Crippen LogP contribution in [-0.4, -0.2) is 44.7 Å². The molecule has 0 spiro atoms. The van der Waals surface area contributed by atoms with Crippen molar-refractivity contribution in [3.05, 3.63) is 29.8 Å². The zero-order valence-electron chi connectivity index (χ0n) is 11.9. The Bertz CT molecular complexity index is 311. The summed E-state index contributed by atoms with van der Waals surface area (Å²) in [5.74, 6) is 0.929. The lowest BCUT2D eigenvalue weighted by molar-refractivity contribution is 0.291. The quantitative estimate of drug-likeness (QED) is 0.680. The molecule has 0 fully saturated rings. The summed E-state index contributed by atoms with van der Waals surface area (Å²) < 4.78 is 5.16. The van der Waals surface area contributed by atoms with Crippen molar-refractivity contribution in [2.24, 2.45) is 0 Å². The molecule has 0 radical (unpaired) electrons. The number of nitrogens with zero attached hydrogens (tertiary/aromatic N) is 1. The zero-order chi connectivity index (χ0) is 13.2. The normalized spacial score (nSPS) is 10.9. The minimum absolute atomic E-state index is 0.929. The first-order chi connectivity index (χ1) is 8.80. The molecule has 18 heavy (non-hydrogen) atoms. The van der Waals surface area contributed by atoms with Crippen molar-refractivity contribution in [1.29, 1.82) is 0 Å². The van der Waals surface area contributed by atoms with E-state index >= 15 is 0 Å². The number of ether oxygens (including phenoxy) is 1. The molecule has 0 bridgehead atoms. The summed E-state index contributed by atoms with van der Waals surface area (Å²) in [6.45, 7) is 9.85. The summed E-state index contributed by atoms with van der Waals surface area (Å²) in [7, 11) is 1.70. The third kappa shape index (κ3) is 5.52. The molecule has 102 valence electrons. The molecule has 1 aromatic carbocycles. The number of hydrogen-bond acceptors (Lipinski definition) is 3. The number of methoxy groups -OCH3 is 1. The van der Waals surface area contributed by atoms with Crippen LogP contribution < -0.4 is 10.1 Å². The summed E-state index contributed by atoms with van der Waals surface area (Å²) in [6.07, 6.45) is 1.10. The number of rotatable bonds is 9. The van der Waals surface area contributed by atoms with Crippen LogP contribution in [0.3, 0.4) is 0 Å². The van der Waals surface area contributed by atoms with Gasteiger partial charge in [-0.2, -0.15) is 0 Å². The Morgan fingerprint density at radius 1 is 1.11 bits per heavy atom. The molecule has 1 aromatic rings. The molecular weight excluding hydrogens is 224 g/mol. The standard InChI is InChI=1S/C15H26N2O/c1-4-16-11-13-17(5-2)12-10-14-6-8-15(18-3)9-7-14/h6-9,16H,4-5,10-13H2,1-3H3. The van der Waals surface area contributed by atoms with Crippen LogP contribution in [0.4, 0.5) is 0 Å². The van der Waals surface area contributed by atoms with Crippen LogP contribution in [-0.2, 0) is 6.42 Å². The lowest BCUT2D eigenvalue weighted by Gasteiger charge is -2.20. The fourth-order valence-electron chi connectivity index (χ4n) is 1.92. The first-order valence-corrected chi connectivity index (χ1v) is 6.86. The number of hydrogen-bond donors (Lipinski definition) is 1. The molecular formula is C15H26N2O. The molecule has 0 aliphatic carbocycles. The fourth-order valence-corrected chi connectivity index (χ4v) is 1.92. The zero-order valence-corrected chi connectivity index (χ0v) is 11.9. The van der Waals surface area contributed by atoms with E-state index in [1.54, 1.807) is 7.11 Å². The first kappa shape index (κ1) is 15.0. The lowest BCUT2D eigenvalue weighted by atomic mass is 10.1. The van der Waals surface area contributed by atoms with Crippen molar-refractivity contribution in [3.63, 3.8) is 0 Å². The Balaban J connectivity index is 2.32. The highest BCUT2D eigenvalue weighted by Crippen LogP contribution is 2.11. The second kappa shape index (κ2) is 8.95. The Morgan fingerprint density at radius 2 is 1.83 bits per heavy atom. The van der Waals surface area contributed by atoms with Gasteiger partial charge in [0.25, 0.3) is 0 Å². The summed E-state index contributed by atoms with van der Waals surface area (Å²) >= 11 is 0. The van der Waals surface area contributed by atoms with E-state index in [0.717, 1.165) is 44.9 Å². The molecule has 1 N–H and O–H groups in total. The van der Waals surface area contributed by atoms with Crippen molar-refractivity contribution in [3.8, 4) is 5.75 Å². The van der Waals surface area contributed by atoms with E-state index in [1.807, 2.05) is 12.1 Å². The van der Waals surface area contributed by atoms with Crippen LogP contribution in [0.5, 0.6) is 5.75 Å². The van der Waals surface area contributed by atoms with Gasteiger partial charge in [-0.25, -0.2) is 0 Å². The van der Waals surface area contributed by atoms with Gasteiger partial charge in [0, 0.05) is 19.6 Å². The van der Waals surface area contributed by atoms with Crippen molar-refractivity contribution in [1.82, 2.24) is 10.2 Å². The highest BCUT2D eigenvalue weighted by molar-refractivity contribution is 5.27. The summed E-state index contributed by atoms with van der Waals surface area (Å²) in [5, 5.41) is 3.37. The minimum atomic E-state index is 0.929. The summed E-state index contributed by atoms with van der Waals surface area (Å²) in [4.78, 5) is 2.48. The Labute approximate surface area is 111 Å². The number of benzene rings is 1. The molecule has 0 heterocycles. The molecule has 0 saturated carbocycles. The van der Waals surface area contributed by atoms with Gasteiger partial charge in [-0.3, -0.25) is 0 Å². The monoisotopic (exact) mass is 250 g/mol. The maximum absolute atomic E-state index is 5.16. The third-order valence-corrected chi connectivity index (χ3v) is 3.18. The highest BCUT2D eigenvalue weighted by atomic mass is 16.5. The molecule has 0 saturated heterocycles. The maximum atomic E-state index is 5.16. The molecule has 3 heteroatoms. The van der Waals surface area contributed by atoms with Gasteiger partial charge in [0.15, 0.2) is 0 Å². The van der Waals surface area contributed by atoms with Crippen molar-refractivity contribution >= 4 is 0 Å². The molecule has 1 rings (SSSR count). The second-order valence-corrected chi connectivity index (χ2v) is 4.39. The van der Waals surface area contributed by atoms with Gasteiger partial charge in [-0.1, -0.05) is 26.0 Å². The van der Waals surface area contributed by atoms with Crippen LogP contribution >= 0.6 is 0 Å². The highest BCUT2D eigenvalue weighted by Gasteiger charge is 2.02. The van der Waals surface area contributed by atoms with Gasteiger partial charge in [0.1, 0.15) is 5.75 Å². The van der Waals surface area contributed by atoms with Crippen LogP contribution in [0.1, 0.15) is 19.4 Å². The van der Waals surface area contributed by atoms with Crippen LogP contribution in [0.2, 0.25) is 0 Å². The lowest BCUT2D eigenvalue weighted by Crippen LogP contribution is -2.33. The fraction of sp³-hybridized carbons (Fsp3) is 0.600. The van der Waals surface area contributed by atoms with E-state index in [-0.39, 0.29) is 0 Å². The van der Waals surface area contributed by atoms with Gasteiger partial charge in [-0.15, -0.1) is 0 Å². The topological polar surface area (TPSA) is 24.5 Å². The van der Waals surface area contributed by atoms with E-state index in [2.05, 4.69) is 36.2 Å². The van der Waals surface area contributed by atoms with E-state index < -0.39 is 0 Å². The van der Waals surface area contributed by atoms with E-state index in [9.17, 15) is 0 Å². The molecule has 0 aliphatic heterocycles. The predicted molar refractivity (Wildman–Crippen MR) is 77.4 cm³/mol. The second-order valence-electron chi connectivity index (χ2n) is 4.39. The van der Waals surface area contributed by atoms with Crippen molar-refractivity contribution < 1.29 is 4.74 Å². The largest absolute Gasteiger partial charge is 0.497 e. The van der Waals surface area contributed by atoms with E-state index in [0.29, 0.717) is 0 Å². The molecule has 0 unspecified atom stereocenters. The molecule has 0 aliphatic rings. The Morgan fingerprint density at radius 3 is 2.39 bits per heavy atom. The molecule has 0 aromatic heterocycles. The van der Waals surface area contributed by atoms with Crippen LogP contribution in [0.25, 0.3) is 0 Å². The number of nitrogens with one attached hydrogen (secondary N) is 1. The average molecular weight is 250 g/mol. The van der Waals surface area contributed by atoms with Gasteiger partial charge in [0.05, 0.1) is 7.11 Å². The minimum Gasteiger partial charge on any atom is -0.497 e. The third-order valence-electron chi connectivity index (χ3n) is 3.18. The van der Waals surface area contributed by atoms with Gasteiger partial charge in [-0.05, 0) is 37.2 Å². The predicted octanol–water partition coefficient (Wildman–Crippen LogP) is 2.17. The Kier molecular flexibility index (Phi) is 7.46. The Hall–Kier alpha value is -1.06. The summed E-state index contributed by atoms with van der Waals surface area (Å²) in [6, 6.07) is 8.36. The van der Waals surface area contributed by atoms with Crippen molar-refractivity contribution in [2.45, 2.75) is 20.3 Å². The first-order valence-electron chi connectivity index (χ1n) is 6.86.